The molecule has 0 radical (unpaired) electrons. The van der Waals surface area contributed by atoms with Crippen molar-refractivity contribution in [2.24, 2.45) is 5.10 Å². The maximum absolute atomic E-state index is 13.5. The van der Waals surface area contributed by atoms with Crippen LogP contribution < -0.4 is 0 Å². The summed E-state index contributed by atoms with van der Waals surface area (Å²) in [7, 11) is 0. The van der Waals surface area contributed by atoms with Crippen LogP contribution in [-0.2, 0) is 0 Å². The number of pyridine rings is 1. The molecule has 1 aromatic carbocycles. The molecule has 1 aliphatic rings. The van der Waals surface area contributed by atoms with Gasteiger partial charge >= 0.3 is 6.18 Å². The summed E-state index contributed by atoms with van der Waals surface area (Å²) in [5.41, 5.74) is -3.41. The van der Waals surface area contributed by atoms with Crippen molar-refractivity contribution < 1.29 is 28.2 Å². The lowest BCUT2D eigenvalue weighted by Crippen LogP contribution is -2.56. The monoisotopic (exact) mass is 365 g/mol. The van der Waals surface area contributed by atoms with E-state index in [-0.39, 0.29) is 16.3 Å². The first-order chi connectivity index (χ1) is 12.1. The molecule has 0 spiro atoms. The lowest BCUT2D eigenvalue weighted by atomic mass is 10.0. The van der Waals surface area contributed by atoms with Gasteiger partial charge in [-0.25, -0.2) is 0 Å². The number of aliphatic hydroxyl groups is 1. The van der Waals surface area contributed by atoms with Gasteiger partial charge in [-0.15, -0.1) is 0 Å². The smallest absolute Gasteiger partial charge is 0.438 e. The normalized spacial score (nSPS) is 20.2. The zero-order chi connectivity index (χ0) is 19.1. The number of carbonyl (C=O) groups excluding carboxylic acids is 1. The highest BCUT2D eigenvalue weighted by Gasteiger charge is 2.63. The topological polar surface area (TPSA) is 86.0 Å². The van der Waals surface area contributed by atoms with Crippen molar-refractivity contribution in [3.8, 4) is 5.75 Å². The number of hydrogen-bond donors (Lipinski definition) is 2. The van der Waals surface area contributed by atoms with Gasteiger partial charge < -0.3 is 10.2 Å². The van der Waals surface area contributed by atoms with E-state index in [0.29, 0.717) is 11.1 Å². The standard InChI is InChI=1S/C17H14F3N3O3/c1-10-3-2-4-12(14(10)24)15(25)23-16(26,17(18,19)20)9-13(22-23)11-5-7-21-8-6-11/h2-8,24,26H,9H2,1H3. The van der Waals surface area contributed by atoms with E-state index in [1.807, 2.05) is 0 Å². The van der Waals surface area contributed by atoms with Gasteiger partial charge in [-0.05, 0) is 30.7 Å². The number of benzene rings is 1. The number of para-hydroxylation sites is 1. The van der Waals surface area contributed by atoms with Crippen molar-refractivity contribution in [1.82, 2.24) is 9.99 Å². The fraction of sp³-hybridized carbons (Fsp3) is 0.235. The van der Waals surface area contributed by atoms with Crippen LogP contribution in [-0.4, -0.2) is 43.7 Å². The van der Waals surface area contributed by atoms with Crippen LogP contribution in [0.5, 0.6) is 5.75 Å². The Hall–Kier alpha value is -2.94. The molecule has 136 valence electrons. The van der Waals surface area contributed by atoms with E-state index in [0.717, 1.165) is 0 Å². The summed E-state index contributed by atoms with van der Waals surface area (Å²) in [6.45, 7) is 1.50. The SMILES string of the molecule is Cc1cccc(C(=O)N2N=C(c3ccncc3)CC2(O)C(F)(F)F)c1O. The fourth-order valence-electron chi connectivity index (χ4n) is 2.63. The summed E-state index contributed by atoms with van der Waals surface area (Å²) in [6, 6.07) is 6.93. The second kappa shape index (κ2) is 6.10. The Morgan fingerprint density at radius 2 is 1.88 bits per heavy atom. The molecule has 0 aliphatic carbocycles. The largest absolute Gasteiger partial charge is 0.507 e. The number of aromatic nitrogens is 1. The Bertz CT molecular complexity index is 884. The van der Waals surface area contributed by atoms with Crippen LogP contribution in [0.15, 0.2) is 47.8 Å². The zero-order valence-corrected chi connectivity index (χ0v) is 13.5. The molecule has 2 aromatic rings. The van der Waals surface area contributed by atoms with Gasteiger partial charge in [0, 0.05) is 18.0 Å². The first-order valence-electron chi connectivity index (χ1n) is 7.55. The maximum Gasteiger partial charge on any atom is 0.438 e. The fourth-order valence-corrected chi connectivity index (χ4v) is 2.63. The number of phenolic OH excluding ortho intramolecular Hbond substituents is 1. The van der Waals surface area contributed by atoms with Gasteiger partial charge in [-0.2, -0.15) is 23.3 Å². The first-order valence-corrected chi connectivity index (χ1v) is 7.55. The van der Waals surface area contributed by atoms with E-state index in [1.165, 1.54) is 49.6 Å². The molecule has 0 bridgehead atoms. The van der Waals surface area contributed by atoms with Crippen LogP contribution in [0, 0.1) is 6.92 Å². The number of rotatable bonds is 2. The van der Waals surface area contributed by atoms with E-state index in [1.54, 1.807) is 0 Å². The minimum Gasteiger partial charge on any atom is -0.507 e. The molecule has 0 saturated carbocycles. The number of alkyl halides is 3. The molecule has 1 atom stereocenters. The number of carbonyl (C=O) groups is 1. The number of hydrogen-bond acceptors (Lipinski definition) is 5. The Morgan fingerprint density at radius 3 is 2.50 bits per heavy atom. The summed E-state index contributed by atoms with van der Waals surface area (Å²) >= 11 is 0. The van der Waals surface area contributed by atoms with Crippen LogP contribution in [0.3, 0.4) is 0 Å². The average Bonchev–Trinajstić information content (AvgIpc) is 2.96. The van der Waals surface area contributed by atoms with Crippen LogP contribution in [0.25, 0.3) is 0 Å². The molecule has 2 N–H and O–H groups in total. The number of phenols is 1. The third kappa shape index (κ3) is 2.80. The van der Waals surface area contributed by atoms with Gasteiger partial charge in [-0.3, -0.25) is 9.78 Å². The minimum atomic E-state index is -5.15. The van der Waals surface area contributed by atoms with Gasteiger partial charge in [0.2, 0.25) is 0 Å². The van der Waals surface area contributed by atoms with Gasteiger partial charge in [0.05, 0.1) is 17.7 Å². The molecule has 6 nitrogen and oxygen atoms in total. The van der Waals surface area contributed by atoms with Crippen LogP contribution in [0.1, 0.15) is 27.9 Å². The highest BCUT2D eigenvalue weighted by atomic mass is 19.4. The second-order valence-electron chi connectivity index (χ2n) is 5.86. The van der Waals surface area contributed by atoms with Gasteiger partial charge in [0.25, 0.3) is 11.6 Å². The van der Waals surface area contributed by atoms with Crippen molar-refractivity contribution in [2.75, 3.05) is 0 Å². The highest BCUT2D eigenvalue weighted by molar-refractivity contribution is 6.06. The van der Waals surface area contributed by atoms with E-state index in [9.17, 15) is 28.2 Å². The highest BCUT2D eigenvalue weighted by Crippen LogP contribution is 2.42. The van der Waals surface area contributed by atoms with Gasteiger partial charge in [-0.1, -0.05) is 12.1 Å². The molecule has 2 heterocycles. The van der Waals surface area contributed by atoms with Crippen molar-refractivity contribution in [2.45, 2.75) is 25.2 Å². The van der Waals surface area contributed by atoms with Crippen LogP contribution >= 0.6 is 0 Å². The quantitative estimate of drug-likeness (QED) is 0.857. The Morgan fingerprint density at radius 1 is 1.23 bits per heavy atom. The number of aryl methyl sites for hydroxylation is 1. The molecular weight excluding hydrogens is 351 g/mol. The van der Waals surface area contributed by atoms with Crippen molar-refractivity contribution in [1.29, 1.82) is 0 Å². The predicted molar refractivity (Wildman–Crippen MR) is 85.4 cm³/mol. The lowest BCUT2D eigenvalue weighted by molar-refractivity contribution is -0.297. The minimum absolute atomic E-state index is 0.0166. The van der Waals surface area contributed by atoms with Crippen molar-refractivity contribution in [3.63, 3.8) is 0 Å². The zero-order valence-electron chi connectivity index (χ0n) is 13.5. The van der Waals surface area contributed by atoms with Crippen molar-refractivity contribution in [3.05, 3.63) is 59.4 Å². The van der Waals surface area contributed by atoms with E-state index in [2.05, 4.69) is 10.1 Å². The average molecular weight is 365 g/mol. The molecular formula is C17H14F3N3O3. The van der Waals surface area contributed by atoms with Crippen LogP contribution in [0.4, 0.5) is 13.2 Å². The third-order valence-electron chi connectivity index (χ3n) is 4.11. The van der Waals surface area contributed by atoms with Gasteiger partial charge in [0.1, 0.15) is 5.75 Å². The van der Waals surface area contributed by atoms with E-state index in [4.69, 9.17) is 0 Å². The first kappa shape index (κ1) is 17.9. The maximum atomic E-state index is 13.5. The third-order valence-corrected chi connectivity index (χ3v) is 4.11. The second-order valence-corrected chi connectivity index (χ2v) is 5.86. The Kier molecular flexibility index (Phi) is 4.19. The lowest BCUT2D eigenvalue weighted by Gasteiger charge is -2.32. The Balaban J connectivity index is 2.09. The van der Waals surface area contributed by atoms with E-state index < -0.39 is 30.0 Å². The summed E-state index contributed by atoms with van der Waals surface area (Å²) in [6.07, 6.45) is -3.36. The molecule has 1 aromatic heterocycles. The predicted octanol–water partition coefficient (Wildman–Crippen LogP) is 2.60. The molecule has 9 heteroatoms. The van der Waals surface area contributed by atoms with Crippen LogP contribution in [0.2, 0.25) is 0 Å². The molecule has 26 heavy (non-hydrogen) atoms. The number of aromatic hydroxyl groups is 1. The number of amides is 1. The summed E-state index contributed by atoms with van der Waals surface area (Å²) in [5, 5.41) is 24.0. The molecule has 0 fully saturated rings. The molecule has 3 rings (SSSR count). The number of hydrazone groups is 1. The molecule has 0 saturated heterocycles. The molecule has 1 unspecified atom stereocenters. The molecule has 1 amide bonds. The number of halogens is 3. The van der Waals surface area contributed by atoms with Gasteiger partial charge in [0.15, 0.2) is 0 Å². The van der Waals surface area contributed by atoms with Crippen molar-refractivity contribution >= 4 is 11.6 Å². The Labute approximate surface area is 146 Å². The summed E-state index contributed by atoms with van der Waals surface area (Å²) < 4.78 is 40.6. The van der Waals surface area contributed by atoms with E-state index >= 15 is 0 Å². The number of nitrogens with zero attached hydrogens (tertiary/aromatic N) is 3. The molecule has 1 aliphatic heterocycles. The summed E-state index contributed by atoms with van der Waals surface area (Å²) in [4.78, 5) is 16.4. The summed E-state index contributed by atoms with van der Waals surface area (Å²) in [5.74, 6) is -1.72.